The number of hydrogen-bond acceptors (Lipinski definition) is 4. The number of fused-ring (bicyclic) bond motifs is 2. The van der Waals surface area contributed by atoms with E-state index in [1.807, 2.05) is 0 Å². The molecule has 102 valence electrons. The van der Waals surface area contributed by atoms with Crippen molar-refractivity contribution >= 4 is 29.0 Å². The van der Waals surface area contributed by atoms with Gasteiger partial charge in [0, 0.05) is 5.56 Å². The topological polar surface area (TPSA) is 55.8 Å². The lowest BCUT2D eigenvalue weighted by Gasteiger charge is -2.10. The molecule has 20 heavy (non-hydrogen) atoms. The van der Waals surface area contributed by atoms with Crippen LogP contribution >= 0.6 is 23.2 Å². The van der Waals surface area contributed by atoms with Crippen LogP contribution in [0, 0.1) is 0 Å². The van der Waals surface area contributed by atoms with Gasteiger partial charge < -0.3 is 5.11 Å². The van der Waals surface area contributed by atoms with Crippen molar-refractivity contribution in [2.45, 2.75) is 6.10 Å². The van der Waals surface area contributed by atoms with E-state index >= 15 is 0 Å². The van der Waals surface area contributed by atoms with Gasteiger partial charge >= 0.3 is 0 Å². The van der Waals surface area contributed by atoms with E-state index in [1.54, 1.807) is 30.3 Å². The van der Waals surface area contributed by atoms with Gasteiger partial charge in [-0.2, -0.15) is 0 Å². The molecule has 0 spiro atoms. The summed E-state index contributed by atoms with van der Waals surface area (Å²) in [5.74, 6) is -0.251. The molecule has 3 rings (SSSR count). The molecular weight excluding hydrogens is 303 g/mol. The molecule has 2 bridgehead atoms. The standard InChI is InChI=1S/C14H8Cl2O4/c15-10-8(6-9-11(16)14(10)20-19-9)13(18)12(17)7-4-2-1-3-5-7/h1-6,12,17H. The number of aliphatic hydroxyl groups excluding tert-OH is 1. The summed E-state index contributed by atoms with van der Waals surface area (Å²) in [7, 11) is 0. The molecule has 1 atom stereocenters. The summed E-state index contributed by atoms with van der Waals surface area (Å²) in [6.45, 7) is 0. The Morgan fingerprint density at radius 3 is 2.50 bits per heavy atom. The van der Waals surface area contributed by atoms with Crippen molar-refractivity contribution in [3.63, 3.8) is 0 Å². The summed E-state index contributed by atoms with van der Waals surface area (Å²) in [6, 6.07) is 9.92. The van der Waals surface area contributed by atoms with Gasteiger partial charge in [0.05, 0.1) is 0 Å². The molecule has 2 aromatic carbocycles. The summed E-state index contributed by atoms with van der Waals surface area (Å²) in [6.07, 6.45) is -1.31. The number of halogens is 2. The van der Waals surface area contributed by atoms with E-state index in [9.17, 15) is 9.90 Å². The zero-order chi connectivity index (χ0) is 14.3. The third kappa shape index (κ3) is 2.02. The monoisotopic (exact) mass is 310 g/mol. The fraction of sp³-hybridized carbons (Fsp3) is 0.0714. The van der Waals surface area contributed by atoms with Gasteiger partial charge in [-0.1, -0.05) is 53.5 Å². The predicted octanol–water partition coefficient (Wildman–Crippen LogP) is 3.60. The summed E-state index contributed by atoms with van der Waals surface area (Å²) in [4.78, 5) is 22.0. The third-order valence-corrected chi connectivity index (χ3v) is 3.70. The van der Waals surface area contributed by atoms with Crippen molar-refractivity contribution in [3.05, 3.63) is 57.6 Å². The highest BCUT2D eigenvalue weighted by atomic mass is 35.5. The average molecular weight is 311 g/mol. The van der Waals surface area contributed by atoms with Crippen LogP contribution in [0.25, 0.3) is 0 Å². The second-order valence-corrected chi connectivity index (χ2v) is 4.98. The number of Topliss-reactive ketones (excluding diaryl/α,β-unsaturated/α-hetero) is 1. The first-order valence-electron chi connectivity index (χ1n) is 5.73. The van der Waals surface area contributed by atoms with Gasteiger partial charge in [-0.25, -0.2) is 0 Å². The molecule has 0 radical (unpaired) electrons. The minimum Gasteiger partial charge on any atom is -0.380 e. The van der Waals surface area contributed by atoms with E-state index in [2.05, 4.69) is 0 Å². The van der Waals surface area contributed by atoms with Crippen molar-refractivity contribution in [3.8, 4) is 11.5 Å². The molecule has 1 aliphatic heterocycles. The minimum atomic E-state index is -1.31. The lowest BCUT2D eigenvalue weighted by atomic mass is 9.99. The number of carbonyl (C=O) groups is 1. The van der Waals surface area contributed by atoms with Gasteiger partial charge in [0.1, 0.15) is 16.1 Å². The molecule has 1 heterocycles. The van der Waals surface area contributed by atoms with Crippen LogP contribution in [0.5, 0.6) is 11.5 Å². The van der Waals surface area contributed by atoms with Gasteiger partial charge in [-0.3, -0.25) is 14.6 Å². The quantitative estimate of drug-likeness (QED) is 0.695. The van der Waals surface area contributed by atoms with Crippen LogP contribution in [0.1, 0.15) is 22.0 Å². The fourth-order valence-electron chi connectivity index (χ4n) is 1.92. The molecule has 0 saturated carbocycles. The summed E-state index contributed by atoms with van der Waals surface area (Å²) < 4.78 is 0. The zero-order valence-corrected chi connectivity index (χ0v) is 11.5. The first-order chi connectivity index (χ1) is 9.59. The first-order valence-corrected chi connectivity index (χ1v) is 6.49. The molecule has 0 amide bonds. The molecule has 1 aliphatic rings. The summed E-state index contributed by atoms with van der Waals surface area (Å²) >= 11 is 12.0. The lowest BCUT2D eigenvalue weighted by molar-refractivity contribution is -0.0846. The van der Waals surface area contributed by atoms with Crippen molar-refractivity contribution in [2.75, 3.05) is 0 Å². The van der Waals surface area contributed by atoms with E-state index in [0.717, 1.165) is 0 Å². The number of benzene rings is 2. The highest BCUT2D eigenvalue weighted by Gasteiger charge is 2.31. The zero-order valence-electron chi connectivity index (χ0n) is 9.97. The van der Waals surface area contributed by atoms with Gasteiger partial charge in [0.25, 0.3) is 0 Å². The SMILES string of the molecule is O=C(c1cc2c(Cl)c(c1Cl)OO2)C(O)c1ccccc1. The van der Waals surface area contributed by atoms with E-state index in [4.69, 9.17) is 33.0 Å². The van der Waals surface area contributed by atoms with Crippen LogP contribution in [-0.4, -0.2) is 10.9 Å². The Bertz CT molecular complexity index is 685. The van der Waals surface area contributed by atoms with Crippen molar-refractivity contribution < 1.29 is 19.7 Å². The van der Waals surface area contributed by atoms with Crippen LogP contribution in [-0.2, 0) is 0 Å². The Labute approximate surface area is 124 Å². The second kappa shape index (κ2) is 4.98. The highest BCUT2D eigenvalue weighted by molar-refractivity contribution is 6.40. The van der Waals surface area contributed by atoms with Crippen LogP contribution in [0.3, 0.4) is 0 Å². The van der Waals surface area contributed by atoms with Crippen molar-refractivity contribution in [1.29, 1.82) is 0 Å². The van der Waals surface area contributed by atoms with E-state index in [1.165, 1.54) is 6.07 Å². The minimum absolute atomic E-state index is 0.0243. The molecule has 1 unspecified atom stereocenters. The first kappa shape index (κ1) is 13.2. The van der Waals surface area contributed by atoms with Crippen LogP contribution in [0.15, 0.2) is 36.4 Å². The van der Waals surface area contributed by atoms with E-state index < -0.39 is 11.9 Å². The van der Waals surface area contributed by atoms with Crippen molar-refractivity contribution in [1.82, 2.24) is 0 Å². The molecule has 6 heteroatoms. The Morgan fingerprint density at radius 1 is 1.10 bits per heavy atom. The molecule has 2 aromatic rings. The molecule has 0 saturated heterocycles. The van der Waals surface area contributed by atoms with E-state index in [-0.39, 0.29) is 27.1 Å². The molecular formula is C14H8Cl2O4. The van der Waals surface area contributed by atoms with Gasteiger partial charge in [0.2, 0.25) is 11.5 Å². The van der Waals surface area contributed by atoms with Gasteiger partial charge in [-0.15, -0.1) is 0 Å². The smallest absolute Gasteiger partial charge is 0.220 e. The molecule has 0 aromatic heterocycles. The second-order valence-electron chi connectivity index (χ2n) is 4.22. The molecule has 0 aliphatic carbocycles. The maximum atomic E-state index is 12.3. The predicted molar refractivity (Wildman–Crippen MR) is 73.5 cm³/mol. The van der Waals surface area contributed by atoms with Crippen LogP contribution in [0.2, 0.25) is 10.0 Å². The maximum absolute atomic E-state index is 12.3. The molecule has 1 N–H and O–H groups in total. The Balaban J connectivity index is 2.00. The number of aliphatic hydroxyl groups is 1. The average Bonchev–Trinajstić information content (AvgIpc) is 2.74. The summed E-state index contributed by atoms with van der Waals surface area (Å²) in [5, 5.41) is 10.3. The molecule has 4 nitrogen and oxygen atoms in total. The summed E-state index contributed by atoms with van der Waals surface area (Å²) in [5.41, 5.74) is 0.586. The Hall–Kier alpha value is -1.75. The van der Waals surface area contributed by atoms with E-state index in [0.29, 0.717) is 5.56 Å². The Morgan fingerprint density at radius 2 is 1.80 bits per heavy atom. The van der Waals surface area contributed by atoms with Crippen molar-refractivity contribution in [2.24, 2.45) is 0 Å². The molecule has 0 fully saturated rings. The maximum Gasteiger partial charge on any atom is 0.220 e. The van der Waals surface area contributed by atoms with Gasteiger partial charge in [0.15, 0.2) is 5.78 Å². The van der Waals surface area contributed by atoms with Crippen LogP contribution < -0.4 is 9.78 Å². The number of ketones is 1. The highest BCUT2D eigenvalue weighted by Crippen LogP contribution is 2.47. The number of carbonyl (C=O) groups excluding carboxylic acids is 1. The fourth-order valence-corrected chi connectivity index (χ4v) is 2.46. The third-order valence-electron chi connectivity index (χ3n) is 2.97. The normalized spacial score (nSPS) is 13.6. The van der Waals surface area contributed by atoms with Crippen LogP contribution in [0.4, 0.5) is 0 Å². The number of hydrogen-bond donors (Lipinski definition) is 1. The largest absolute Gasteiger partial charge is 0.380 e. The Kier molecular flexibility index (Phi) is 3.30. The number of rotatable bonds is 3. The lowest BCUT2D eigenvalue weighted by Crippen LogP contribution is -2.12. The van der Waals surface area contributed by atoms with Gasteiger partial charge in [-0.05, 0) is 11.6 Å².